The fraction of sp³-hybridized carbons (Fsp3) is 0.269. The number of piperazine rings is 1. The van der Waals surface area contributed by atoms with Crippen LogP contribution in [0.25, 0.3) is 22.2 Å². The number of benzene rings is 2. The molecule has 0 atom stereocenters. The molecule has 176 valence electrons. The minimum atomic E-state index is -4.38. The van der Waals surface area contributed by atoms with Crippen LogP contribution in [0.4, 0.5) is 30.4 Å². The molecule has 0 aliphatic carbocycles. The summed E-state index contributed by atoms with van der Waals surface area (Å²) in [7, 11) is 4.00. The molecule has 2 aromatic heterocycles. The van der Waals surface area contributed by atoms with E-state index in [1.54, 1.807) is 12.3 Å². The van der Waals surface area contributed by atoms with E-state index in [0.717, 1.165) is 48.8 Å². The minimum Gasteiger partial charge on any atom is -0.369 e. The summed E-state index contributed by atoms with van der Waals surface area (Å²) in [5.41, 5.74) is 3.58. The number of aryl methyl sites for hydroxylation is 1. The monoisotopic (exact) mass is 465 g/mol. The molecular formula is C26H26F3N5. The smallest absolute Gasteiger partial charge is 0.369 e. The van der Waals surface area contributed by atoms with Crippen molar-refractivity contribution in [1.29, 1.82) is 0 Å². The van der Waals surface area contributed by atoms with E-state index in [2.05, 4.69) is 39.3 Å². The lowest BCUT2D eigenvalue weighted by atomic mass is 10.1. The van der Waals surface area contributed by atoms with Gasteiger partial charge in [-0.2, -0.15) is 13.2 Å². The third-order valence-corrected chi connectivity index (χ3v) is 6.42. The number of likely N-dealkylation sites (N-methyl/N-ethyl adjacent to an activating group) is 1. The molecule has 0 bridgehead atoms. The van der Waals surface area contributed by atoms with Gasteiger partial charge in [0.15, 0.2) is 0 Å². The number of pyridine rings is 1. The van der Waals surface area contributed by atoms with Gasteiger partial charge in [-0.3, -0.25) is 0 Å². The van der Waals surface area contributed by atoms with E-state index in [1.165, 1.54) is 17.8 Å². The first kappa shape index (κ1) is 22.3. The van der Waals surface area contributed by atoms with E-state index in [9.17, 15) is 13.2 Å². The molecule has 2 aromatic carbocycles. The van der Waals surface area contributed by atoms with Gasteiger partial charge >= 0.3 is 6.18 Å². The van der Waals surface area contributed by atoms with Gasteiger partial charge in [-0.15, -0.1) is 0 Å². The van der Waals surface area contributed by atoms with Crippen LogP contribution in [0, 0.1) is 0 Å². The summed E-state index contributed by atoms with van der Waals surface area (Å²) < 4.78 is 41.4. The van der Waals surface area contributed by atoms with Crippen LogP contribution in [0.1, 0.15) is 5.56 Å². The van der Waals surface area contributed by atoms with Crippen molar-refractivity contribution in [1.82, 2.24) is 14.5 Å². The number of hydrogen-bond acceptors (Lipinski definition) is 4. The molecule has 1 N–H and O–H groups in total. The summed E-state index contributed by atoms with van der Waals surface area (Å²) in [4.78, 5) is 9.22. The summed E-state index contributed by atoms with van der Waals surface area (Å²) in [6.07, 6.45) is -2.63. The Labute approximate surface area is 196 Å². The molecule has 34 heavy (non-hydrogen) atoms. The van der Waals surface area contributed by atoms with Crippen molar-refractivity contribution in [2.45, 2.75) is 6.18 Å². The van der Waals surface area contributed by atoms with Crippen molar-refractivity contribution < 1.29 is 13.2 Å². The SMILES string of the molecule is CN1CCN(c2ccc(Nc3cc4c(cn3)cc(-c3cccc(C(F)(F)F)c3)n4C)cc2)CC1. The molecule has 1 fully saturated rings. The number of rotatable bonds is 4. The Morgan fingerprint density at radius 2 is 1.62 bits per heavy atom. The van der Waals surface area contributed by atoms with Crippen LogP contribution in [-0.4, -0.2) is 47.7 Å². The molecule has 4 aromatic rings. The van der Waals surface area contributed by atoms with E-state index >= 15 is 0 Å². The largest absolute Gasteiger partial charge is 0.416 e. The van der Waals surface area contributed by atoms with E-state index in [-0.39, 0.29) is 0 Å². The topological polar surface area (TPSA) is 36.3 Å². The molecule has 0 unspecified atom stereocenters. The lowest BCUT2D eigenvalue weighted by Crippen LogP contribution is -2.44. The predicted molar refractivity (Wildman–Crippen MR) is 131 cm³/mol. The fourth-order valence-electron chi connectivity index (χ4n) is 4.40. The molecule has 1 aliphatic rings. The van der Waals surface area contributed by atoms with Crippen LogP contribution in [0.15, 0.2) is 66.9 Å². The van der Waals surface area contributed by atoms with Crippen molar-refractivity contribution in [3.05, 3.63) is 72.4 Å². The van der Waals surface area contributed by atoms with Gasteiger partial charge in [-0.05, 0) is 55.1 Å². The summed E-state index contributed by atoms with van der Waals surface area (Å²) in [6.45, 7) is 4.15. The molecule has 0 saturated carbocycles. The summed E-state index contributed by atoms with van der Waals surface area (Å²) in [5.74, 6) is 0.677. The van der Waals surface area contributed by atoms with Gasteiger partial charge in [-0.1, -0.05) is 12.1 Å². The van der Waals surface area contributed by atoms with Gasteiger partial charge in [0.2, 0.25) is 0 Å². The van der Waals surface area contributed by atoms with Gasteiger partial charge < -0.3 is 19.7 Å². The Bertz CT molecular complexity index is 1300. The zero-order chi connectivity index (χ0) is 23.9. The van der Waals surface area contributed by atoms with Crippen LogP contribution < -0.4 is 10.2 Å². The number of nitrogens with one attached hydrogen (secondary N) is 1. The van der Waals surface area contributed by atoms with E-state index in [0.29, 0.717) is 17.1 Å². The fourth-order valence-corrected chi connectivity index (χ4v) is 4.40. The van der Waals surface area contributed by atoms with Crippen LogP contribution in [0.5, 0.6) is 0 Å². The van der Waals surface area contributed by atoms with Gasteiger partial charge in [-0.25, -0.2) is 4.98 Å². The molecule has 0 radical (unpaired) electrons. The van der Waals surface area contributed by atoms with Crippen LogP contribution in [0.2, 0.25) is 0 Å². The number of halogens is 3. The maximum absolute atomic E-state index is 13.2. The highest BCUT2D eigenvalue weighted by molar-refractivity contribution is 5.88. The average molecular weight is 466 g/mol. The number of fused-ring (bicyclic) bond motifs is 1. The third-order valence-electron chi connectivity index (χ3n) is 6.42. The first-order valence-corrected chi connectivity index (χ1v) is 11.2. The predicted octanol–water partition coefficient (Wildman–Crippen LogP) is 5.75. The van der Waals surface area contributed by atoms with Crippen molar-refractivity contribution in [2.24, 2.45) is 7.05 Å². The Hall–Kier alpha value is -3.52. The zero-order valence-electron chi connectivity index (χ0n) is 19.1. The molecule has 8 heteroatoms. The average Bonchev–Trinajstić information content (AvgIpc) is 3.16. The van der Waals surface area contributed by atoms with Crippen LogP contribution in [0.3, 0.4) is 0 Å². The second-order valence-electron chi connectivity index (χ2n) is 8.76. The first-order valence-electron chi connectivity index (χ1n) is 11.2. The number of nitrogens with zero attached hydrogens (tertiary/aromatic N) is 4. The molecule has 0 amide bonds. The van der Waals surface area contributed by atoms with Crippen molar-refractivity contribution in [3.8, 4) is 11.3 Å². The highest BCUT2D eigenvalue weighted by Gasteiger charge is 2.30. The third kappa shape index (κ3) is 4.46. The molecule has 1 saturated heterocycles. The Morgan fingerprint density at radius 3 is 2.32 bits per heavy atom. The maximum Gasteiger partial charge on any atom is 0.416 e. The molecule has 0 spiro atoms. The van der Waals surface area contributed by atoms with Crippen LogP contribution in [-0.2, 0) is 13.2 Å². The Kier molecular flexibility index (Phi) is 5.69. The van der Waals surface area contributed by atoms with Crippen molar-refractivity contribution in [2.75, 3.05) is 43.4 Å². The molecule has 3 heterocycles. The number of aromatic nitrogens is 2. The Balaban J connectivity index is 1.37. The van der Waals surface area contributed by atoms with Crippen molar-refractivity contribution >= 4 is 28.1 Å². The Morgan fingerprint density at radius 1 is 0.882 bits per heavy atom. The van der Waals surface area contributed by atoms with Gasteiger partial charge in [0, 0.05) is 67.9 Å². The lowest BCUT2D eigenvalue weighted by Gasteiger charge is -2.34. The highest BCUT2D eigenvalue weighted by atomic mass is 19.4. The summed E-state index contributed by atoms with van der Waals surface area (Å²) in [6, 6.07) is 17.5. The summed E-state index contributed by atoms with van der Waals surface area (Å²) >= 11 is 0. The standard InChI is InChI=1S/C26H26F3N5/c1-32-10-12-34(13-11-32)22-8-6-21(7-9-22)31-25-16-24-19(17-30-25)15-23(33(24)2)18-4-3-5-20(14-18)26(27,28)29/h3-9,14-17H,10-13H2,1-2H3,(H,30,31). The lowest BCUT2D eigenvalue weighted by molar-refractivity contribution is -0.137. The molecule has 1 aliphatic heterocycles. The highest BCUT2D eigenvalue weighted by Crippen LogP contribution is 2.34. The second kappa shape index (κ2) is 8.68. The zero-order valence-corrected chi connectivity index (χ0v) is 19.1. The van der Waals surface area contributed by atoms with E-state index < -0.39 is 11.7 Å². The van der Waals surface area contributed by atoms with Crippen LogP contribution >= 0.6 is 0 Å². The first-order chi connectivity index (χ1) is 16.3. The molecule has 5 nitrogen and oxygen atoms in total. The maximum atomic E-state index is 13.2. The summed E-state index contributed by atoms with van der Waals surface area (Å²) in [5, 5.41) is 4.21. The van der Waals surface area contributed by atoms with E-state index in [1.807, 2.05) is 35.9 Å². The van der Waals surface area contributed by atoms with E-state index in [4.69, 9.17) is 0 Å². The number of hydrogen-bond donors (Lipinski definition) is 1. The second-order valence-corrected chi connectivity index (χ2v) is 8.76. The normalized spacial score (nSPS) is 15.1. The molecular weight excluding hydrogens is 439 g/mol. The quantitative estimate of drug-likeness (QED) is 0.416. The number of alkyl halides is 3. The minimum absolute atomic E-state index is 0.516. The number of anilines is 3. The molecule has 5 rings (SSSR count). The van der Waals surface area contributed by atoms with Crippen molar-refractivity contribution in [3.63, 3.8) is 0 Å². The van der Waals surface area contributed by atoms with Gasteiger partial charge in [0.05, 0.1) is 11.1 Å². The van der Waals surface area contributed by atoms with Gasteiger partial charge in [0.1, 0.15) is 5.82 Å². The van der Waals surface area contributed by atoms with Gasteiger partial charge in [0.25, 0.3) is 0 Å².